The number of nitrogens with one attached hydrogen (secondary N) is 3. The summed E-state index contributed by atoms with van der Waals surface area (Å²) >= 11 is 0. The second-order valence-electron chi connectivity index (χ2n) is 7.95. The Morgan fingerprint density at radius 3 is 2.50 bits per heavy atom. The highest BCUT2D eigenvalue weighted by atomic mass is 19.1. The first-order valence-corrected chi connectivity index (χ1v) is 11.2. The molecule has 5 aromatic rings. The number of halogens is 1. The smallest absolute Gasteiger partial charge is 0.262 e. The van der Waals surface area contributed by atoms with Crippen molar-refractivity contribution in [1.29, 1.82) is 0 Å². The van der Waals surface area contributed by atoms with Crippen LogP contribution in [0.25, 0.3) is 22.4 Å². The summed E-state index contributed by atoms with van der Waals surface area (Å²) in [5.41, 5.74) is 3.48. The van der Waals surface area contributed by atoms with Gasteiger partial charge in [-0.3, -0.25) is 9.59 Å². The number of ether oxygens (including phenoxy) is 1. The van der Waals surface area contributed by atoms with Crippen LogP contribution < -0.4 is 15.4 Å². The number of hydrogen-bond acceptors (Lipinski definition) is 4. The number of amides is 2. The molecule has 0 radical (unpaired) electrons. The predicted octanol–water partition coefficient (Wildman–Crippen LogP) is 5.64. The highest BCUT2D eigenvalue weighted by Gasteiger charge is 2.15. The molecule has 0 bridgehead atoms. The van der Waals surface area contributed by atoms with Gasteiger partial charge in [0.2, 0.25) is 0 Å². The fourth-order valence-corrected chi connectivity index (χ4v) is 3.70. The fourth-order valence-electron chi connectivity index (χ4n) is 3.70. The Hall–Kier alpha value is -4.98. The summed E-state index contributed by atoms with van der Waals surface area (Å²) in [5.74, 6) is -0.574. The van der Waals surface area contributed by atoms with Crippen LogP contribution in [-0.4, -0.2) is 28.4 Å². The van der Waals surface area contributed by atoms with Gasteiger partial charge < -0.3 is 20.4 Å². The van der Waals surface area contributed by atoms with Crippen molar-refractivity contribution in [3.63, 3.8) is 0 Å². The molecule has 0 aliphatic heterocycles. The zero-order valence-corrected chi connectivity index (χ0v) is 19.0. The van der Waals surface area contributed by atoms with E-state index in [1.165, 1.54) is 18.2 Å². The molecule has 0 spiro atoms. The summed E-state index contributed by atoms with van der Waals surface area (Å²) < 4.78 is 19.4. The normalized spacial score (nSPS) is 10.7. The molecular formula is C28H21FN4O3. The SMILES string of the molecule is O=C(COc1ccccc1C(=O)Nc1cccc(-c2nc3ccccc3[nH]2)c1)Nc1ccccc1F. The topological polar surface area (TPSA) is 96.1 Å². The number of fused-ring (bicyclic) bond motifs is 1. The second-order valence-corrected chi connectivity index (χ2v) is 7.95. The number of carbonyl (C=O) groups is 2. The van der Waals surface area contributed by atoms with Gasteiger partial charge in [-0.15, -0.1) is 0 Å². The first-order chi connectivity index (χ1) is 17.6. The van der Waals surface area contributed by atoms with Gasteiger partial charge in [-0.2, -0.15) is 0 Å². The zero-order valence-electron chi connectivity index (χ0n) is 19.0. The highest BCUT2D eigenvalue weighted by Crippen LogP contribution is 2.25. The number of nitrogens with zero attached hydrogens (tertiary/aromatic N) is 1. The first-order valence-electron chi connectivity index (χ1n) is 11.2. The molecule has 0 atom stereocenters. The van der Waals surface area contributed by atoms with E-state index in [0.717, 1.165) is 16.6 Å². The van der Waals surface area contributed by atoms with E-state index < -0.39 is 17.6 Å². The second kappa shape index (κ2) is 10.1. The Morgan fingerprint density at radius 1 is 0.861 bits per heavy atom. The number of aromatic amines is 1. The Morgan fingerprint density at radius 2 is 1.64 bits per heavy atom. The summed E-state index contributed by atoms with van der Waals surface area (Å²) in [7, 11) is 0. The summed E-state index contributed by atoms with van der Waals surface area (Å²) in [4.78, 5) is 33.2. The minimum Gasteiger partial charge on any atom is -0.483 e. The number of carbonyl (C=O) groups excluding carboxylic acids is 2. The monoisotopic (exact) mass is 480 g/mol. The lowest BCUT2D eigenvalue weighted by Gasteiger charge is -2.12. The van der Waals surface area contributed by atoms with Gasteiger partial charge in [-0.1, -0.05) is 48.5 Å². The molecule has 3 N–H and O–H groups in total. The summed E-state index contributed by atoms with van der Waals surface area (Å²) in [5, 5.41) is 5.32. The van der Waals surface area contributed by atoms with Gasteiger partial charge in [-0.25, -0.2) is 9.37 Å². The number of rotatable bonds is 7. The van der Waals surface area contributed by atoms with Gasteiger partial charge in [0, 0.05) is 11.3 Å². The minimum absolute atomic E-state index is 0.0569. The molecule has 0 aliphatic carbocycles. The largest absolute Gasteiger partial charge is 0.483 e. The van der Waals surface area contributed by atoms with Crippen molar-refractivity contribution in [2.75, 3.05) is 17.2 Å². The van der Waals surface area contributed by atoms with Crippen LogP contribution in [0.15, 0.2) is 97.1 Å². The number of imidazole rings is 1. The number of anilines is 2. The Balaban J connectivity index is 1.28. The lowest BCUT2D eigenvalue weighted by molar-refractivity contribution is -0.118. The Labute approximate surface area is 206 Å². The average Bonchev–Trinajstić information content (AvgIpc) is 3.34. The molecule has 1 heterocycles. The Kier molecular flexibility index (Phi) is 6.40. The summed E-state index contributed by atoms with van der Waals surface area (Å²) in [6.07, 6.45) is 0. The quantitative estimate of drug-likeness (QED) is 0.281. The van der Waals surface area contributed by atoms with Crippen molar-refractivity contribution in [2.24, 2.45) is 0 Å². The highest BCUT2D eigenvalue weighted by molar-refractivity contribution is 6.06. The van der Waals surface area contributed by atoms with Gasteiger partial charge in [0.25, 0.3) is 11.8 Å². The van der Waals surface area contributed by atoms with Gasteiger partial charge >= 0.3 is 0 Å². The summed E-state index contributed by atoms with van der Waals surface area (Å²) in [6.45, 7) is -0.389. The maximum Gasteiger partial charge on any atom is 0.262 e. The number of aromatic nitrogens is 2. The third-order valence-corrected chi connectivity index (χ3v) is 5.42. The maximum absolute atomic E-state index is 13.8. The molecule has 8 heteroatoms. The number of H-pyrrole nitrogens is 1. The minimum atomic E-state index is -0.547. The molecule has 0 saturated heterocycles. The standard InChI is InChI=1S/C28H21FN4O3/c29-21-11-2-3-12-22(21)31-26(34)17-36-25-15-6-1-10-20(25)28(35)30-19-9-7-8-18(16-19)27-32-23-13-4-5-14-24(23)33-27/h1-16H,17H2,(H,30,35)(H,31,34)(H,32,33). The van der Waals surface area contributed by atoms with E-state index in [1.807, 2.05) is 42.5 Å². The van der Waals surface area contributed by atoms with Crippen molar-refractivity contribution >= 4 is 34.2 Å². The number of hydrogen-bond donors (Lipinski definition) is 3. The molecule has 0 aliphatic rings. The van der Waals surface area contributed by atoms with E-state index in [1.54, 1.807) is 36.4 Å². The zero-order chi connectivity index (χ0) is 24.9. The molecule has 2 amide bonds. The third-order valence-electron chi connectivity index (χ3n) is 5.42. The van der Waals surface area contributed by atoms with Crippen LogP contribution in [-0.2, 0) is 4.79 Å². The molecule has 4 aromatic carbocycles. The first kappa shape index (κ1) is 22.8. The molecule has 178 valence electrons. The lowest BCUT2D eigenvalue weighted by Crippen LogP contribution is -2.22. The van der Waals surface area contributed by atoms with Crippen LogP contribution in [0.4, 0.5) is 15.8 Å². The molecule has 1 aromatic heterocycles. The molecule has 0 saturated carbocycles. The van der Waals surface area contributed by atoms with Crippen molar-refractivity contribution in [1.82, 2.24) is 9.97 Å². The predicted molar refractivity (Wildman–Crippen MR) is 136 cm³/mol. The van der Waals surface area contributed by atoms with Gasteiger partial charge in [0.05, 0.1) is 22.3 Å². The summed E-state index contributed by atoms with van der Waals surface area (Å²) in [6, 6.07) is 27.5. The Bertz CT molecular complexity index is 1530. The van der Waals surface area contributed by atoms with Gasteiger partial charge in [-0.05, 0) is 48.5 Å². The van der Waals surface area contributed by atoms with Crippen LogP contribution >= 0.6 is 0 Å². The van der Waals surface area contributed by atoms with Crippen LogP contribution in [0.3, 0.4) is 0 Å². The van der Waals surface area contributed by atoms with Crippen LogP contribution in [0.5, 0.6) is 5.75 Å². The molecule has 0 fully saturated rings. The van der Waals surface area contributed by atoms with Crippen molar-refractivity contribution in [3.05, 3.63) is 108 Å². The van der Waals surface area contributed by atoms with Gasteiger partial charge in [0.1, 0.15) is 17.4 Å². The van der Waals surface area contributed by atoms with Crippen LogP contribution in [0.2, 0.25) is 0 Å². The third kappa shape index (κ3) is 5.07. The molecule has 5 rings (SSSR count). The average molecular weight is 480 g/mol. The maximum atomic E-state index is 13.8. The molecule has 0 unspecified atom stereocenters. The number of para-hydroxylation sites is 4. The van der Waals surface area contributed by atoms with Gasteiger partial charge in [0.15, 0.2) is 6.61 Å². The lowest BCUT2D eigenvalue weighted by atomic mass is 10.1. The van der Waals surface area contributed by atoms with E-state index in [0.29, 0.717) is 11.5 Å². The van der Waals surface area contributed by atoms with Crippen LogP contribution in [0.1, 0.15) is 10.4 Å². The van der Waals surface area contributed by atoms with Crippen LogP contribution in [0, 0.1) is 5.82 Å². The molecule has 36 heavy (non-hydrogen) atoms. The van der Waals surface area contributed by atoms with Crippen molar-refractivity contribution in [3.8, 4) is 17.1 Å². The number of benzene rings is 4. The van der Waals surface area contributed by atoms with Crippen molar-refractivity contribution < 1.29 is 18.7 Å². The van der Waals surface area contributed by atoms with E-state index in [-0.39, 0.29) is 23.6 Å². The van der Waals surface area contributed by atoms with E-state index in [9.17, 15) is 14.0 Å². The molecule has 7 nitrogen and oxygen atoms in total. The van der Waals surface area contributed by atoms with E-state index >= 15 is 0 Å². The van der Waals surface area contributed by atoms with E-state index in [4.69, 9.17) is 4.74 Å². The van der Waals surface area contributed by atoms with Crippen molar-refractivity contribution in [2.45, 2.75) is 0 Å². The van der Waals surface area contributed by atoms with E-state index in [2.05, 4.69) is 20.6 Å². The molecular weight excluding hydrogens is 459 g/mol. The fraction of sp³-hybridized carbons (Fsp3) is 0.0357.